The van der Waals surface area contributed by atoms with Gasteiger partial charge in [-0.05, 0) is 56.5 Å². The van der Waals surface area contributed by atoms with E-state index in [0.29, 0.717) is 30.6 Å². The van der Waals surface area contributed by atoms with Crippen molar-refractivity contribution in [3.63, 3.8) is 0 Å². The zero-order chi connectivity index (χ0) is 21.9. The summed E-state index contributed by atoms with van der Waals surface area (Å²) in [6.07, 6.45) is 1.20. The minimum atomic E-state index is -3.66. The number of methoxy groups -OCH3 is 1. The third-order valence-electron chi connectivity index (χ3n) is 5.33. The van der Waals surface area contributed by atoms with Gasteiger partial charge in [0, 0.05) is 18.8 Å². The first kappa shape index (κ1) is 22.0. The lowest BCUT2D eigenvalue weighted by atomic mass is 9.98. The Balaban J connectivity index is 1.75. The second-order valence-electron chi connectivity index (χ2n) is 7.53. The van der Waals surface area contributed by atoms with Crippen molar-refractivity contribution in [3.8, 4) is 0 Å². The zero-order valence-electron chi connectivity index (χ0n) is 17.3. The number of aryl methyl sites for hydroxylation is 2. The van der Waals surface area contributed by atoms with Gasteiger partial charge in [-0.3, -0.25) is 4.79 Å². The van der Waals surface area contributed by atoms with Gasteiger partial charge in [0.05, 0.1) is 23.5 Å². The monoisotopic (exact) mass is 430 g/mol. The predicted molar refractivity (Wildman–Crippen MR) is 114 cm³/mol. The van der Waals surface area contributed by atoms with E-state index in [1.807, 2.05) is 13.8 Å². The Bertz CT molecular complexity index is 1050. The minimum Gasteiger partial charge on any atom is -0.465 e. The molecule has 1 amide bonds. The van der Waals surface area contributed by atoms with Crippen LogP contribution in [-0.4, -0.2) is 44.8 Å². The SMILES string of the molecule is COC(=O)c1ccc(C)c(NC(=O)[C@H]2CCCN(S(=O)(=O)c3ccc(C)cc3)C2)c1. The summed E-state index contributed by atoms with van der Waals surface area (Å²) in [6.45, 7) is 4.23. The number of esters is 1. The summed E-state index contributed by atoms with van der Waals surface area (Å²) < 4.78 is 32.1. The highest BCUT2D eigenvalue weighted by atomic mass is 32.2. The molecule has 0 spiro atoms. The lowest BCUT2D eigenvalue weighted by Gasteiger charge is -2.31. The number of carbonyl (C=O) groups excluding carboxylic acids is 2. The molecular formula is C22H26N2O5S. The minimum absolute atomic E-state index is 0.123. The molecule has 2 aromatic carbocycles. The second kappa shape index (κ2) is 8.97. The summed E-state index contributed by atoms with van der Waals surface area (Å²) in [5, 5.41) is 2.85. The smallest absolute Gasteiger partial charge is 0.337 e. The molecule has 160 valence electrons. The van der Waals surface area contributed by atoms with Crippen LogP contribution in [0.4, 0.5) is 5.69 Å². The third kappa shape index (κ3) is 4.71. The van der Waals surface area contributed by atoms with E-state index in [-0.39, 0.29) is 17.3 Å². The van der Waals surface area contributed by atoms with E-state index in [1.165, 1.54) is 11.4 Å². The molecule has 1 fully saturated rings. The molecule has 0 aromatic heterocycles. The van der Waals surface area contributed by atoms with E-state index in [2.05, 4.69) is 5.32 Å². The molecule has 0 aliphatic carbocycles. The van der Waals surface area contributed by atoms with E-state index >= 15 is 0 Å². The van der Waals surface area contributed by atoms with Crippen LogP contribution in [0.1, 0.15) is 34.3 Å². The molecule has 7 nitrogen and oxygen atoms in total. The average molecular weight is 431 g/mol. The Labute approximate surface area is 177 Å². The van der Waals surface area contributed by atoms with E-state index in [1.54, 1.807) is 42.5 Å². The van der Waals surface area contributed by atoms with Gasteiger partial charge < -0.3 is 10.1 Å². The number of rotatable bonds is 5. The van der Waals surface area contributed by atoms with Gasteiger partial charge in [-0.15, -0.1) is 0 Å². The fraction of sp³-hybridized carbons (Fsp3) is 0.364. The Hall–Kier alpha value is -2.71. The van der Waals surface area contributed by atoms with Crippen molar-refractivity contribution in [1.82, 2.24) is 4.31 Å². The molecule has 1 N–H and O–H groups in total. The molecule has 3 rings (SSSR count). The van der Waals surface area contributed by atoms with Crippen LogP contribution in [0.25, 0.3) is 0 Å². The van der Waals surface area contributed by atoms with Crippen molar-refractivity contribution < 1.29 is 22.7 Å². The fourth-order valence-corrected chi connectivity index (χ4v) is 4.99. The van der Waals surface area contributed by atoms with Crippen LogP contribution >= 0.6 is 0 Å². The number of nitrogens with one attached hydrogen (secondary N) is 1. The number of piperidine rings is 1. The molecule has 8 heteroatoms. The van der Waals surface area contributed by atoms with Crippen molar-refractivity contribution in [2.45, 2.75) is 31.6 Å². The highest BCUT2D eigenvalue weighted by Crippen LogP contribution is 2.26. The molecule has 0 unspecified atom stereocenters. The highest BCUT2D eigenvalue weighted by Gasteiger charge is 2.33. The first-order valence-electron chi connectivity index (χ1n) is 9.79. The molecule has 1 aliphatic rings. The summed E-state index contributed by atoms with van der Waals surface area (Å²) in [4.78, 5) is 24.9. The number of benzene rings is 2. The topological polar surface area (TPSA) is 92.8 Å². The molecule has 30 heavy (non-hydrogen) atoms. The van der Waals surface area contributed by atoms with Gasteiger partial charge >= 0.3 is 5.97 Å². The number of carbonyl (C=O) groups is 2. The number of amides is 1. The van der Waals surface area contributed by atoms with E-state index in [9.17, 15) is 18.0 Å². The summed E-state index contributed by atoms with van der Waals surface area (Å²) >= 11 is 0. The van der Waals surface area contributed by atoms with Gasteiger partial charge in [-0.2, -0.15) is 4.31 Å². The quantitative estimate of drug-likeness (QED) is 0.736. The van der Waals surface area contributed by atoms with Gasteiger partial charge in [0.1, 0.15) is 0 Å². The molecular weight excluding hydrogens is 404 g/mol. The first-order chi connectivity index (χ1) is 14.2. The van der Waals surface area contributed by atoms with Gasteiger partial charge in [0.15, 0.2) is 0 Å². The maximum Gasteiger partial charge on any atom is 0.337 e. The maximum absolute atomic E-state index is 13.0. The fourth-order valence-electron chi connectivity index (χ4n) is 3.47. The number of ether oxygens (including phenoxy) is 1. The molecule has 1 aliphatic heterocycles. The molecule has 1 heterocycles. The zero-order valence-corrected chi connectivity index (χ0v) is 18.2. The largest absolute Gasteiger partial charge is 0.465 e. The van der Waals surface area contributed by atoms with Crippen LogP contribution in [0, 0.1) is 19.8 Å². The van der Waals surface area contributed by atoms with Crippen LogP contribution in [0.2, 0.25) is 0 Å². The molecule has 0 bridgehead atoms. The molecule has 0 radical (unpaired) electrons. The van der Waals surface area contributed by atoms with E-state index in [4.69, 9.17) is 4.74 Å². The Morgan fingerprint density at radius 1 is 1.10 bits per heavy atom. The normalized spacial score (nSPS) is 17.4. The second-order valence-corrected chi connectivity index (χ2v) is 9.46. The lowest BCUT2D eigenvalue weighted by Crippen LogP contribution is -2.43. The average Bonchev–Trinajstić information content (AvgIpc) is 2.75. The summed E-state index contributed by atoms with van der Waals surface area (Å²) in [5.74, 6) is -1.22. The van der Waals surface area contributed by atoms with E-state index in [0.717, 1.165) is 11.1 Å². The highest BCUT2D eigenvalue weighted by molar-refractivity contribution is 7.89. The molecule has 1 saturated heterocycles. The van der Waals surface area contributed by atoms with Crippen LogP contribution in [-0.2, 0) is 19.6 Å². The Morgan fingerprint density at radius 3 is 2.47 bits per heavy atom. The summed E-state index contributed by atoms with van der Waals surface area (Å²) in [7, 11) is -2.36. The van der Waals surface area contributed by atoms with Gasteiger partial charge in [-0.25, -0.2) is 13.2 Å². The van der Waals surface area contributed by atoms with E-state index < -0.39 is 21.9 Å². The molecule has 1 atom stereocenters. The number of anilines is 1. The molecule has 2 aromatic rings. The maximum atomic E-state index is 13.0. The Morgan fingerprint density at radius 2 is 1.80 bits per heavy atom. The third-order valence-corrected chi connectivity index (χ3v) is 7.21. The van der Waals surface area contributed by atoms with Gasteiger partial charge in [-0.1, -0.05) is 23.8 Å². The van der Waals surface area contributed by atoms with Gasteiger partial charge in [0.25, 0.3) is 0 Å². The van der Waals surface area contributed by atoms with Crippen molar-refractivity contribution in [3.05, 3.63) is 59.2 Å². The standard InChI is InChI=1S/C22H26N2O5S/c1-15-6-10-19(11-7-15)30(27,28)24-12-4-5-18(14-24)21(25)23-20-13-17(22(26)29-3)9-8-16(20)2/h6-11,13,18H,4-5,12,14H2,1-3H3,(H,23,25)/t18-/m0/s1. The van der Waals surface area contributed by atoms with Crippen molar-refractivity contribution in [2.24, 2.45) is 5.92 Å². The first-order valence-corrected chi connectivity index (χ1v) is 11.2. The lowest BCUT2D eigenvalue weighted by molar-refractivity contribution is -0.120. The number of sulfonamides is 1. The number of hydrogen-bond acceptors (Lipinski definition) is 5. The Kier molecular flexibility index (Phi) is 6.58. The summed E-state index contributed by atoms with van der Waals surface area (Å²) in [6, 6.07) is 11.6. The van der Waals surface area contributed by atoms with Crippen molar-refractivity contribution >= 4 is 27.6 Å². The van der Waals surface area contributed by atoms with Crippen LogP contribution in [0.15, 0.2) is 47.4 Å². The van der Waals surface area contributed by atoms with Gasteiger partial charge in [0.2, 0.25) is 15.9 Å². The van der Waals surface area contributed by atoms with Crippen molar-refractivity contribution in [2.75, 3.05) is 25.5 Å². The predicted octanol–water partition coefficient (Wildman–Crippen LogP) is 3.13. The molecule has 0 saturated carbocycles. The van der Waals surface area contributed by atoms with Crippen LogP contribution < -0.4 is 5.32 Å². The number of nitrogens with zero attached hydrogens (tertiary/aromatic N) is 1. The summed E-state index contributed by atoms with van der Waals surface area (Å²) in [5.41, 5.74) is 2.64. The van der Waals surface area contributed by atoms with Crippen LogP contribution in [0.3, 0.4) is 0 Å². The number of hydrogen-bond donors (Lipinski definition) is 1. The van der Waals surface area contributed by atoms with Crippen molar-refractivity contribution in [1.29, 1.82) is 0 Å². The van der Waals surface area contributed by atoms with Crippen LogP contribution in [0.5, 0.6) is 0 Å².